The zero-order valence-electron chi connectivity index (χ0n) is 16.4. The maximum absolute atomic E-state index is 13.0. The number of nitrogen functional groups attached to an aromatic ring is 1. The molecule has 0 aliphatic heterocycles. The van der Waals surface area contributed by atoms with Crippen molar-refractivity contribution in [2.75, 3.05) is 12.3 Å². The SMILES string of the molecule is CCOC(=O)c1cc(C2CC2)c2c(C)c(-c3ccc(C)c(N)c3)ccn2c1=O. The maximum atomic E-state index is 13.0. The Hall–Kier alpha value is -3.08. The lowest BCUT2D eigenvalue weighted by Gasteiger charge is -2.16. The molecule has 28 heavy (non-hydrogen) atoms. The van der Waals surface area contributed by atoms with Gasteiger partial charge in [0.25, 0.3) is 5.56 Å². The Labute approximate surface area is 163 Å². The molecular weight excluding hydrogens is 352 g/mol. The van der Waals surface area contributed by atoms with E-state index >= 15 is 0 Å². The summed E-state index contributed by atoms with van der Waals surface area (Å²) in [4.78, 5) is 25.3. The van der Waals surface area contributed by atoms with Gasteiger partial charge in [-0.3, -0.25) is 9.20 Å². The molecule has 2 aromatic heterocycles. The van der Waals surface area contributed by atoms with Crippen LogP contribution >= 0.6 is 0 Å². The van der Waals surface area contributed by atoms with Crippen molar-refractivity contribution in [3.8, 4) is 11.1 Å². The third kappa shape index (κ3) is 2.97. The van der Waals surface area contributed by atoms with E-state index < -0.39 is 5.97 Å². The van der Waals surface area contributed by atoms with Crippen LogP contribution in [0, 0.1) is 13.8 Å². The number of hydrogen-bond donors (Lipinski definition) is 1. The number of anilines is 1. The summed E-state index contributed by atoms with van der Waals surface area (Å²) in [5, 5.41) is 0. The topological polar surface area (TPSA) is 73.8 Å². The van der Waals surface area contributed by atoms with Gasteiger partial charge in [-0.2, -0.15) is 0 Å². The van der Waals surface area contributed by atoms with Crippen LogP contribution in [0.1, 0.15) is 52.7 Å². The van der Waals surface area contributed by atoms with Crippen molar-refractivity contribution >= 4 is 17.2 Å². The highest BCUT2D eigenvalue weighted by Crippen LogP contribution is 2.43. The molecule has 1 fully saturated rings. The number of fused-ring (bicyclic) bond motifs is 1. The average molecular weight is 376 g/mol. The number of carbonyl (C=O) groups excluding carboxylic acids is 1. The van der Waals surface area contributed by atoms with Crippen LogP contribution in [0.4, 0.5) is 5.69 Å². The Morgan fingerprint density at radius 3 is 2.61 bits per heavy atom. The molecule has 0 saturated heterocycles. The van der Waals surface area contributed by atoms with E-state index in [1.54, 1.807) is 23.6 Å². The van der Waals surface area contributed by atoms with E-state index in [-0.39, 0.29) is 17.7 Å². The van der Waals surface area contributed by atoms with Crippen LogP contribution < -0.4 is 11.3 Å². The number of carbonyl (C=O) groups is 1. The number of aromatic nitrogens is 1. The van der Waals surface area contributed by atoms with Crippen molar-refractivity contribution in [3.63, 3.8) is 0 Å². The third-order valence-electron chi connectivity index (χ3n) is 5.52. The minimum atomic E-state index is -0.558. The fourth-order valence-electron chi connectivity index (χ4n) is 3.78. The molecule has 0 bridgehead atoms. The lowest BCUT2D eigenvalue weighted by atomic mass is 9.95. The number of hydrogen-bond acceptors (Lipinski definition) is 4. The molecule has 1 saturated carbocycles. The van der Waals surface area contributed by atoms with E-state index in [0.717, 1.165) is 51.9 Å². The summed E-state index contributed by atoms with van der Waals surface area (Å²) in [6, 6.07) is 9.68. The van der Waals surface area contributed by atoms with Crippen molar-refractivity contribution in [2.24, 2.45) is 0 Å². The lowest BCUT2D eigenvalue weighted by Crippen LogP contribution is -2.25. The van der Waals surface area contributed by atoms with Gasteiger partial charge in [-0.05, 0) is 85.5 Å². The first-order chi connectivity index (χ1) is 13.4. The predicted molar refractivity (Wildman–Crippen MR) is 111 cm³/mol. The summed E-state index contributed by atoms with van der Waals surface area (Å²) in [6.45, 7) is 5.98. The predicted octanol–water partition coefficient (Wildman–Crippen LogP) is 4.22. The van der Waals surface area contributed by atoms with Crippen LogP contribution in [0.15, 0.2) is 41.3 Å². The monoisotopic (exact) mass is 376 g/mol. The second-order valence-electron chi connectivity index (χ2n) is 7.46. The number of esters is 1. The van der Waals surface area contributed by atoms with E-state index in [9.17, 15) is 9.59 Å². The number of ether oxygens (including phenoxy) is 1. The van der Waals surface area contributed by atoms with Gasteiger partial charge in [0.2, 0.25) is 0 Å². The minimum absolute atomic E-state index is 0.105. The van der Waals surface area contributed by atoms with Crippen molar-refractivity contribution in [1.29, 1.82) is 0 Å². The van der Waals surface area contributed by atoms with E-state index in [4.69, 9.17) is 10.5 Å². The van der Waals surface area contributed by atoms with Crippen LogP contribution in [0.2, 0.25) is 0 Å². The molecule has 1 aliphatic carbocycles. The number of pyridine rings is 2. The fourth-order valence-corrected chi connectivity index (χ4v) is 3.78. The van der Waals surface area contributed by atoms with E-state index in [1.165, 1.54) is 0 Å². The van der Waals surface area contributed by atoms with Gasteiger partial charge in [-0.25, -0.2) is 4.79 Å². The molecule has 1 aliphatic rings. The van der Waals surface area contributed by atoms with Gasteiger partial charge in [0.1, 0.15) is 5.56 Å². The molecule has 3 aromatic rings. The molecule has 0 unspecified atom stereocenters. The number of nitrogens with two attached hydrogens (primary N) is 1. The van der Waals surface area contributed by atoms with Crippen LogP contribution in [0.3, 0.4) is 0 Å². The quantitative estimate of drug-likeness (QED) is 0.546. The molecular formula is C23H24N2O3. The molecule has 0 atom stereocenters. The zero-order chi connectivity index (χ0) is 20.0. The van der Waals surface area contributed by atoms with Crippen LogP contribution in [-0.2, 0) is 4.74 Å². The molecule has 5 heteroatoms. The molecule has 1 aromatic carbocycles. The summed E-state index contributed by atoms with van der Waals surface area (Å²) < 4.78 is 6.69. The Morgan fingerprint density at radius 1 is 1.21 bits per heavy atom. The number of nitrogens with zero attached hydrogens (tertiary/aromatic N) is 1. The second-order valence-corrected chi connectivity index (χ2v) is 7.46. The summed E-state index contributed by atoms with van der Waals surface area (Å²) in [5.74, 6) is -0.183. The second kappa shape index (κ2) is 6.82. The first-order valence-corrected chi connectivity index (χ1v) is 9.64. The molecule has 2 heterocycles. The Kier molecular flexibility index (Phi) is 4.46. The largest absolute Gasteiger partial charge is 0.462 e. The first kappa shape index (κ1) is 18.3. The van der Waals surface area contributed by atoms with Crippen molar-refractivity contribution < 1.29 is 9.53 Å². The van der Waals surface area contributed by atoms with Gasteiger partial charge < -0.3 is 10.5 Å². The van der Waals surface area contributed by atoms with Gasteiger partial charge in [0.05, 0.1) is 12.1 Å². The molecule has 0 radical (unpaired) electrons. The fraction of sp³-hybridized carbons (Fsp3) is 0.304. The van der Waals surface area contributed by atoms with E-state index in [2.05, 4.69) is 0 Å². The third-order valence-corrected chi connectivity index (χ3v) is 5.52. The molecule has 5 nitrogen and oxygen atoms in total. The molecule has 0 spiro atoms. The summed E-state index contributed by atoms with van der Waals surface area (Å²) in [5.41, 5.74) is 12.7. The lowest BCUT2D eigenvalue weighted by molar-refractivity contribution is 0.0524. The van der Waals surface area contributed by atoms with Crippen LogP contribution in [0.5, 0.6) is 0 Å². The zero-order valence-corrected chi connectivity index (χ0v) is 16.4. The number of rotatable bonds is 4. The number of aryl methyl sites for hydroxylation is 2. The standard InChI is InChI=1S/C23H24N2O3/c1-4-28-23(27)19-12-18(15-7-8-15)21-14(3)17(9-10-25(21)22(19)26)16-6-5-13(2)20(24)11-16/h5-6,9-12,15H,4,7-8,24H2,1-3H3. The van der Waals surface area contributed by atoms with E-state index in [0.29, 0.717) is 5.92 Å². The smallest absolute Gasteiger partial charge is 0.343 e. The van der Waals surface area contributed by atoms with Gasteiger partial charge in [-0.1, -0.05) is 12.1 Å². The number of benzene rings is 1. The Balaban J connectivity index is 1.98. The van der Waals surface area contributed by atoms with Gasteiger partial charge in [0, 0.05) is 11.9 Å². The normalized spacial score (nSPS) is 13.7. The molecule has 0 amide bonds. The van der Waals surface area contributed by atoms with Gasteiger partial charge in [-0.15, -0.1) is 0 Å². The molecule has 144 valence electrons. The van der Waals surface area contributed by atoms with Gasteiger partial charge >= 0.3 is 5.97 Å². The first-order valence-electron chi connectivity index (χ1n) is 9.64. The Bertz CT molecular complexity index is 1160. The van der Waals surface area contributed by atoms with E-state index in [1.807, 2.05) is 38.1 Å². The minimum Gasteiger partial charge on any atom is -0.462 e. The van der Waals surface area contributed by atoms with Crippen molar-refractivity contribution in [1.82, 2.24) is 4.40 Å². The van der Waals surface area contributed by atoms with Gasteiger partial charge in [0.15, 0.2) is 0 Å². The summed E-state index contributed by atoms with van der Waals surface area (Å²) >= 11 is 0. The van der Waals surface area contributed by atoms with Crippen LogP contribution in [0.25, 0.3) is 16.6 Å². The highest BCUT2D eigenvalue weighted by molar-refractivity contribution is 5.91. The Morgan fingerprint density at radius 2 is 1.96 bits per heavy atom. The van der Waals surface area contributed by atoms with Crippen molar-refractivity contribution in [2.45, 2.75) is 39.5 Å². The average Bonchev–Trinajstić information content (AvgIpc) is 3.50. The maximum Gasteiger partial charge on any atom is 0.343 e. The molecule has 2 N–H and O–H groups in total. The van der Waals surface area contributed by atoms with Crippen LogP contribution in [-0.4, -0.2) is 17.0 Å². The molecule has 4 rings (SSSR count). The summed E-state index contributed by atoms with van der Waals surface area (Å²) in [7, 11) is 0. The highest BCUT2D eigenvalue weighted by Gasteiger charge is 2.29. The summed E-state index contributed by atoms with van der Waals surface area (Å²) in [6.07, 6.45) is 3.89. The van der Waals surface area contributed by atoms with Crippen molar-refractivity contribution in [3.05, 3.63) is 69.1 Å². The highest BCUT2D eigenvalue weighted by atomic mass is 16.5.